The smallest absolute Gasteiger partial charge is 0.461 e. The monoisotopic (exact) mass is 393 g/mol. The minimum Gasteiger partial charge on any atom is -0.461 e. The first-order valence-corrected chi connectivity index (χ1v) is 8.79. The molecule has 2 fully saturated rings. The number of hydrogen-bond donors (Lipinski definition) is 0. The molecule has 0 saturated carbocycles. The van der Waals surface area contributed by atoms with Gasteiger partial charge in [-0.1, -0.05) is 0 Å². The molecule has 0 bridgehead atoms. The summed E-state index contributed by atoms with van der Waals surface area (Å²) in [7, 11) is 3.14. The quantitative estimate of drug-likeness (QED) is 0.716. The van der Waals surface area contributed by atoms with Gasteiger partial charge in [-0.15, -0.1) is 0 Å². The van der Waals surface area contributed by atoms with E-state index >= 15 is 0 Å². The average Bonchev–Trinajstić information content (AvgIpc) is 3.33. The Hall–Kier alpha value is -2.78. The lowest BCUT2D eigenvalue weighted by Crippen LogP contribution is -2.25. The number of nitrogens with zero attached hydrogens (tertiary/aromatic N) is 1. The van der Waals surface area contributed by atoms with Crippen molar-refractivity contribution < 1.29 is 37.7 Å². The van der Waals surface area contributed by atoms with Crippen LogP contribution in [0.15, 0.2) is 28.7 Å². The number of methoxy groups -OCH3 is 2. The van der Waals surface area contributed by atoms with Gasteiger partial charge < -0.3 is 28.1 Å². The molecule has 152 valence electrons. The summed E-state index contributed by atoms with van der Waals surface area (Å²) >= 11 is 0. The van der Waals surface area contributed by atoms with E-state index in [4.69, 9.17) is 18.6 Å². The van der Waals surface area contributed by atoms with Crippen LogP contribution in [0.3, 0.4) is 0 Å². The molecule has 4 rings (SSSR count). The van der Waals surface area contributed by atoms with Gasteiger partial charge in [0.05, 0.1) is 19.8 Å². The highest BCUT2D eigenvalue weighted by Crippen LogP contribution is 2.27. The van der Waals surface area contributed by atoms with E-state index in [1.165, 1.54) is 0 Å². The highest BCUT2D eigenvalue weighted by Gasteiger charge is 2.32. The third-order valence-corrected chi connectivity index (χ3v) is 4.16. The molecule has 2 saturated heterocycles. The second-order valence-electron chi connectivity index (χ2n) is 6.41. The fraction of sp³-hybridized carbons (Fsp3) is 0.474. The van der Waals surface area contributed by atoms with Crippen molar-refractivity contribution in [2.24, 2.45) is 0 Å². The van der Waals surface area contributed by atoms with Crippen molar-refractivity contribution in [2.75, 3.05) is 45.5 Å². The Morgan fingerprint density at radius 3 is 2.50 bits per heavy atom. The summed E-state index contributed by atoms with van der Waals surface area (Å²) in [6, 6.07) is 7.62. The van der Waals surface area contributed by atoms with Gasteiger partial charge in [-0.2, -0.15) is 0 Å². The number of fused-ring (bicyclic) bond motifs is 1. The van der Waals surface area contributed by atoms with Gasteiger partial charge in [0.2, 0.25) is 0 Å². The molecular weight excluding hydrogens is 370 g/mol. The second-order valence-corrected chi connectivity index (χ2v) is 6.41. The molecule has 2 atom stereocenters. The number of anilines is 1. The first-order chi connectivity index (χ1) is 13.5. The van der Waals surface area contributed by atoms with Crippen LogP contribution in [0.4, 0.5) is 15.3 Å². The maximum atomic E-state index is 11.8. The topological polar surface area (TPSA) is 96.7 Å². The number of furan rings is 1. The van der Waals surface area contributed by atoms with Gasteiger partial charge in [0.1, 0.15) is 24.1 Å². The number of amides is 1. The van der Waals surface area contributed by atoms with E-state index in [0.717, 1.165) is 22.4 Å². The number of carbonyl (C=O) groups is 2. The molecule has 0 spiro atoms. The van der Waals surface area contributed by atoms with Crippen molar-refractivity contribution in [1.82, 2.24) is 0 Å². The molecule has 3 heterocycles. The van der Waals surface area contributed by atoms with Crippen molar-refractivity contribution in [3.8, 4) is 0 Å². The summed E-state index contributed by atoms with van der Waals surface area (Å²) < 4.78 is 29.6. The highest BCUT2D eigenvalue weighted by molar-refractivity contribution is 5.93. The van der Waals surface area contributed by atoms with Crippen LogP contribution in [-0.2, 0) is 23.7 Å². The van der Waals surface area contributed by atoms with Gasteiger partial charge in [0, 0.05) is 25.3 Å². The van der Waals surface area contributed by atoms with Crippen LogP contribution in [0.1, 0.15) is 5.76 Å². The number of aryl methyl sites for hydroxylation is 1. The third kappa shape index (κ3) is 4.73. The number of hydrogen-bond acceptors (Lipinski definition) is 8. The third-order valence-electron chi connectivity index (χ3n) is 4.16. The summed E-state index contributed by atoms with van der Waals surface area (Å²) in [5.74, 6) is 0.855. The van der Waals surface area contributed by atoms with Crippen LogP contribution >= 0.6 is 0 Å². The number of rotatable bonds is 5. The molecule has 2 unspecified atom stereocenters. The van der Waals surface area contributed by atoms with Gasteiger partial charge in [-0.3, -0.25) is 4.90 Å². The molecule has 2 aliphatic heterocycles. The van der Waals surface area contributed by atoms with Crippen LogP contribution in [-0.4, -0.2) is 65.0 Å². The van der Waals surface area contributed by atoms with Crippen LogP contribution in [0.25, 0.3) is 11.0 Å². The van der Waals surface area contributed by atoms with E-state index in [0.29, 0.717) is 26.4 Å². The molecule has 2 aromatic rings. The molecule has 1 aromatic heterocycles. The minimum atomic E-state index is -0.600. The molecule has 0 radical (unpaired) electrons. The van der Waals surface area contributed by atoms with Crippen molar-refractivity contribution in [3.63, 3.8) is 0 Å². The van der Waals surface area contributed by atoms with Crippen LogP contribution in [0.2, 0.25) is 0 Å². The van der Waals surface area contributed by atoms with Gasteiger partial charge in [-0.25, -0.2) is 9.59 Å². The molecule has 9 heteroatoms. The lowest BCUT2D eigenvalue weighted by Gasteiger charge is -2.12. The minimum absolute atomic E-state index is 0.206. The second kappa shape index (κ2) is 8.94. The molecule has 9 nitrogen and oxygen atoms in total. The standard InChI is InChI=1S/C14H15NO4.C5H8O4/c1-9-5-10-6-11(3-4-13(10)18-9)15-7-12(8-17-2)19-14(15)16;1-7-2-4-3-8-5(6)9-4/h3-6,12H,7-8H2,1-2H3;4H,2-3H2,1H3. The zero-order valence-electron chi connectivity index (χ0n) is 16.0. The maximum absolute atomic E-state index is 11.8. The van der Waals surface area contributed by atoms with Crippen molar-refractivity contribution in [1.29, 1.82) is 0 Å². The Balaban J connectivity index is 0.000000211. The van der Waals surface area contributed by atoms with Crippen molar-refractivity contribution >= 4 is 28.9 Å². The lowest BCUT2D eigenvalue weighted by molar-refractivity contribution is 0.0708. The summed E-state index contributed by atoms with van der Waals surface area (Å²) in [4.78, 5) is 23.7. The van der Waals surface area contributed by atoms with Crippen LogP contribution in [0.5, 0.6) is 0 Å². The van der Waals surface area contributed by atoms with Crippen LogP contribution in [0, 0.1) is 6.92 Å². The molecule has 1 amide bonds. The van der Waals surface area contributed by atoms with E-state index in [1.54, 1.807) is 19.1 Å². The van der Waals surface area contributed by atoms with Crippen LogP contribution < -0.4 is 4.90 Å². The maximum Gasteiger partial charge on any atom is 0.508 e. The molecule has 2 aliphatic rings. The van der Waals surface area contributed by atoms with Gasteiger partial charge >= 0.3 is 12.2 Å². The van der Waals surface area contributed by atoms with Gasteiger partial charge in [0.15, 0.2) is 6.10 Å². The number of cyclic esters (lactones) is 3. The molecule has 0 N–H and O–H groups in total. The lowest BCUT2D eigenvalue weighted by atomic mass is 10.2. The van der Waals surface area contributed by atoms with Crippen molar-refractivity contribution in [3.05, 3.63) is 30.0 Å². The number of ether oxygens (including phenoxy) is 5. The zero-order valence-corrected chi connectivity index (χ0v) is 16.0. The molecule has 0 aliphatic carbocycles. The SMILES string of the molecule is COCC1CN(c2ccc3oc(C)cc3c2)C(=O)O1.COCC1COC(=O)O1. The van der Waals surface area contributed by atoms with E-state index in [9.17, 15) is 9.59 Å². The summed E-state index contributed by atoms with van der Waals surface area (Å²) in [5.41, 5.74) is 1.64. The Labute approximate surface area is 162 Å². The Kier molecular flexibility index (Phi) is 6.37. The number of benzene rings is 1. The summed E-state index contributed by atoms with van der Waals surface area (Å²) in [5, 5.41) is 0.984. The Bertz CT molecular complexity index is 832. The van der Waals surface area contributed by atoms with E-state index in [2.05, 4.69) is 9.47 Å². The zero-order chi connectivity index (χ0) is 20.1. The fourth-order valence-corrected chi connectivity index (χ4v) is 2.97. The average molecular weight is 393 g/mol. The Morgan fingerprint density at radius 2 is 1.82 bits per heavy atom. The summed E-state index contributed by atoms with van der Waals surface area (Å²) in [6.07, 6.45) is -1.35. The first-order valence-electron chi connectivity index (χ1n) is 8.79. The van der Waals surface area contributed by atoms with Crippen molar-refractivity contribution in [2.45, 2.75) is 19.1 Å². The first kappa shape index (κ1) is 20.0. The van der Waals surface area contributed by atoms with E-state index in [-0.39, 0.29) is 18.3 Å². The van der Waals surface area contributed by atoms with E-state index < -0.39 is 6.16 Å². The largest absolute Gasteiger partial charge is 0.508 e. The molecule has 1 aromatic carbocycles. The normalized spacial score (nSPS) is 21.2. The fourth-order valence-electron chi connectivity index (χ4n) is 2.97. The van der Waals surface area contributed by atoms with Gasteiger partial charge in [0.25, 0.3) is 0 Å². The molecular formula is C19H23NO8. The predicted molar refractivity (Wildman–Crippen MR) is 98.5 cm³/mol. The van der Waals surface area contributed by atoms with E-state index in [1.807, 2.05) is 31.2 Å². The highest BCUT2D eigenvalue weighted by atomic mass is 16.8. The van der Waals surface area contributed by atoms with Gasteiger partial charge in [-0.05, 0) is 31.2 Å². The molecule has 28 heavy (non-hydrogen) atoms. The number of carbonyl (C=O) groups excluding carboxylic acids is 2. The Morgan fingerprint density at radius 1 is 1.07 bits per heavy atom. The predicted octanol–water partition coefficient (Wildman–Crippen LogP) is 2.88. The summed E-state index contributed by atoms with van der Waals surface area (Å²) in [6.45, 7) is 3.54.